The van der Waals surface area contributed by atoms with Crippen LogP contribution in [0.4, 0.5) is 17.2 Å². The number of hydrogen-bond acceptors (Lipinski definition) is 4. The SMILES string of the molecule is S=C(Nc1ccc(Nc2cc(-c3ccccc3)ncn2)cc1)NC1CCCCC1. The average Bonchev–Trinajstić information content (AvgIpc) is 2.77. The summed E-state index contributed by atoms with van der Waals surface area (Å²) in [4.78, 5) is 8.69. The van der Waals surface area contributed by atoms with Gasteiger partial charge in [-0.15, -0.1) is 0 Å². The number of thiocarbonyl (C=S) groups is 1. The van der Waals surface area contributed by atoms with E-state index in [1.807, 2.05) is 60.7 Å². The van der Waals surface area contributed by atoms with E-state index >= 15 is 0 Å². The maximum Gasteiger partial charge on any atom is 0.170 e. The minimum absolute atomic E-state index is 0.501. The average molecular weight is 404 g/mol. The van der Waals surface area contributed by atoms with Gasteiger partial charge in [0.15, 0.2) is 5.11 Å². The number of benzene rings is 2. The van der Waals surface area contributed by atoms with Crippen molar-refractivity contribution in [3.8, 4) is 11.3 Å². The van der Waals surface area contributed by atoms with E-state index in [1.54, 1.807) is 6.33 Å². The number of anilines is 3. The second-order valence-electron chi connectivity index (χ2n) is 7.29. The Morgan fingerprint density at radius 2 is 1.59 bits per heavy atom. The van der Waals surface area contributed by atoms with E-state index in [-0.39, 0.29) is 0 Å². The van der Waals surface area contributed by atoms with Gasteiger partial charge in [-0.05, 0) is 49.3 Å². The first-order valence-corrected chi connectivity index (χ1v) is 10.5. The zero-order valence-corrected chi connectivity index (χ0v) is 17.1. The van der Waals surface area contributed by atoms with Gasteiger partial charge in [0.1, 0.15) is 12.1 Å². The van der Waals surface area contributed by atoms with Gasteiger partial charge in [-0.25, -0.2) is 9.97 Å². The van der Waals surface area contributed by atoms with Crippen LogP contribution >= 0.6 is 12.2 Å². The third-order valence-electron chi connectivity index (χ3n) is 5.09. The van der Waals surface area contributed by atoms with Crippen LogP contribution in [-0.4, -0.2) is 21.1 Å². The molecular weight excluding hydrogens is 378 g/mol. The molecule has 1 fully saturated rings. The van der Waals surface area contributed by atoms with E-state index in [4.69, 9.17) is 12.2 Å². The predicted molar refractivity (Wildman–Crippen MR) is 123 cm³/mol. The Hall–Kier alpha value is -2.99. The topological polar surface area (TPSA) is 61.9 Å². The lowest BCUT2D eigenvalue weighted by Gasteiger charge is -2.24. The van der Waals surface area contributed by atoms with Crippen LogP contribution in [-0.2, 0) is 0 Å². The number of nitrogens with zero attached hydrogens (tertiary/aromatic N) is 2. The molecule has 1 aliphatic carbocycles. The van der Waals surface area contributed by atoms with Crippen LogP contribution in [0.25, 0.3) is 11.3 Å². The highest BCUT2D eigenvalue weighted by Crippen LogP contribution is 2.22. The Bertz CT molecular complexity index is 937. The number of hydrogen-bond donors (Lipinski definition) is 3. The summed E-state index contributed by atoms with van der Waals surface area (Å²) in [5.41, 5.74) is 3.88. The fourth-order valence-corrected chi connectivity index (χ4v) is 3.86. The van der Waals surface area contributed by atoms with Gasteiger partial charge in [0.05, 0.1) is 5.69 Å². The van der Waals surface area contributed by atoms with Crippen molar-refractivity contribution < 1.29 is 0 Å². The fourth-order valence-electron chi connectivity index (χ4n) is 3.58. The molecule has 4 rings (SSSR count). The van der Waals surface area contributed by atoms with E-state index in [2.05, 4.69) is 25.9 Å². The molecule has 3 N–H and O–H groups in total. The lowest BCUT2D eigenvalue weighted by atomic mass is 9.96. The highest BCUT2D eigenvalue weighted by molar-refractivity contribution is 7.80. The van der Waals surface area contributed by atoms with Crippen molar-refractivity contribution in [1.82, 2.24) is 15.3 Å². The van der Waals surface area contributed by atoms with Gasteiger partial charge >= 0.3 is 0 Å². The lowest BCUT2D eigenvalue weighted by Crippen LogP contribution is -2.38. The maximum absolute atomic E-state index is 5.46. The first kappa shape index (κ1) is 19.3. The highest BCUT2D eigenvalue weighted by Gasteiger charge is 2.13. The van der Waals surface area contributed by atoms with Crippen molar-refractivity contribution in [2.45, 2.75) is 38.1 Å². The van der Waals surface area contributed by atoms with Gasteiger partial charge in [-0.2, -0.15) is 0 Å². The third-order valence-corrected chi connectivity index (χ3v) is 5.31. The Morgan fingerprint density at radius 3 is 2.34 bits per heavy atom. The van der Waals surface area contributed by atoms with Crippen LogP contribution in [0.2, 0.25) is 0 Å². The summed E-state index contributed by atoms with van der Waals surface area (Å²) < 4.78 is 0. The van der Waals surface area contributed by atoms with Crippen molar-refractivity contribution in [3.63, 3.8) is 0 Å². The van der Waals surface area contributed by atoms with Crippen LogP contribution in [0.5, 0.6) is 0 Å². The Labute approximate surface area is 177 Å². The first-order chi connectivity index (χ1) is 14.3. The van der Waals surface area contributed by atoms with Crippen molar-refractivity contribution >= 4 is 34.5 Å². The molecule has 2 aromatic carbocycles. The molecular formula is C23H25N5S. The zero-order valence-electron chi connectivity index (χ0n) is 16.3. The standard InChI is InChI=1S/C23H25N5S/c29-23(27-18-9-5-2-6-10-18)28-20-13-11-19(12-14-20)26-22-15-21(24-16-25-22)17-7-3-1-4-8-17/h1,3-4,7-8,11-16,18H,2,5-6,9-10H2,(H,24,25,26)(H2,27,28,29). The van der Waals surface area contributed by atoms with Gasteiger partial charge in [0.25, 0.3) is 0 Å². The summed E-state index contributed by atoms with van der Waals surface area (Å²) in [6, 6.07) is 20.6. The summed E-state index contributed by atoms with van der Waals surface area (Å²) in [5.74, 6) is 0.758. The lowest BCUT2D eigenvalue weighted by molar-refractivity contribution is 0.415. The second-order valence-corrected chi connectivity index (χ2v) is 7.70. The van der Waals surface area contributed by atoms with Crippen LogP contribution in [0.3, 0.4) is 0 Å². The quantitative estimate of drug-likeness (QED) is 0.489. The van der Waals surface area contributed by atoms with Crippen LogP contribution < -0.4 is 16.0 Å². The minimum Gasteiger partial charge on any atom is -0.360 e. The van der Waals surface area contributed by atoms with Crippen molar-refractivity contribution in [2.24, 2.45) is 0 Å². The summed E-state index contributed by atoms with van der Waals surface area (Å²) >= 11 is 5.46. The summed E-state index contributed by atoms with van der Waals surface area (Å²) in [6.07, 6.45) is 7.90. The maximum atomic E-state index is 5.46. The van der Waals surface area contributed by atoms with Gasteiger partial charge in [0.2, 0.25) is 0 Å². The molecule has 1 saturated carbocycles. The van der Waals surface area contributed by atoms with Crippen molar-refractivity contribution in [1.29, 1.82) is 0 Å². The molecule has 148 valence electrons. The molecule has 6 heteroatoms. The molecule has 1 aromatic heterocycles. The molecule has 5 nitrogen and oxygen atoms in total. The molecule has 0 unspecified atom stereocenters. The predicted octanol–water partition coefficient (Wildman–Crippen LogP) is 5.51. The molecule has 1 aliphatic rings. The molecule has 0 aliphatic heterocycles. The fraction of sp³-hybridized carbons (Fsp3) is 0.261. The Kier molecular flexibility index (Phi) is 6.32. The third kappa shape index (κ3) is 5.51. The van der Waals surface area contributed by atoms with E-state index in [0.29, 0.717) is 11.2 Å². The van der Waals surface area contributed by atoms with E-state index in [9.17, 15) is 0 Å². The van der Waals surface area contributed by atoms with Gasteiger partial charge in [-0.3, -0.25) is 0 Å². The number of aromatic nitrogens is 2. The summed E-state index contributed by atoms with van der Waals surface area (Å²) in [6.45, 7) is 0. The van der Waals surface area contributed by atoms with Crippen LogP contribution in [0, 0.1) is 0 Å². The molecule has 3 aromatic rings. The molecule has 0 bridgehead atoms. The molecule has 0 radical (unpaired) electrons. The monoisotopic (exact) mass is 403 g/mol. The van der Waals surface area contributed by atoms with E-state index < -0.39 is 0 Å². The van der Waals surface area contributed by atoms with Gasteiger partial charge < -0.3 is 16.0 Å². The second kappa shape index (κ2) is 9.47. The number of nitrogens with one attached hydrogen (secondary N) is 3. The molecule has 29 heavy (non-hydrogen) atoms. The summed E-state index contributed by atoms with van der Waals surface area (Å²) in [5, 5.41) is 10.7. The molecule has 1 heterocycles. The first-order valence-electron chi connectivity index (χ1n) is 10.1. The molecule has 0 atom stereocenters. The summed E-state index contributed by atoms with van der Waals surface area (Å²) in [7, 11) is 0. The Balaban J connectivity index is 1.35. The molecule has 0 spiro atoms. The smallest absolute Gasteiger partial charge is 0.170 e. The van der Waals surface area contributed by atoms with Crippen molar-refractivity contribution in [2.75, 3.05) is 10.6 Å². The highest BCUT2D eigenvalue weighted by atomic mass is 32.1. The van der Waals surface area contributed by atoms with E-state index in [0.717, 1.165) is 28.5 Å². The molecule has 0 amide bonds. The van der Waals surface area contributed by atoms with Gasteiger partial charge in [-0.1, -0.05) is 49.6 Å². The zero-order chi connectivity index (χ0) is 19.9. The number of rotatable bonds is 5. The largest absolute Gasteiger partial charge is 0.360 e. The van der Waals surface area contributed by atoms with Crippen LogP contribution in [0.15, 0.2) is 67.0 Å². The molecule has 0 saturated heterocycles. The van der Waals surface area contributed by atoms with E-state index in [1.165, 1.54) is 32.1 Å². The minimum atomic E-state index is 0.501. The Morgan fingerprint density at radius 1 is 0.862 bits per heavy atom. The van der Waals surface area contributed by atoms with Gasteiger partial charge in [0, 0.05) is 29.0 Å². The van der Waals surface area contributed by atoms with Crippen LogP contribution in [0.1, 0.15) is 32.1 Å². The normalized spacial score (nSPS) is 14.2. The van der Waals surface area contributed by atoms with Crippen molar-refractivity contribution in [3.05, 3.63) is 67.0 Å².